The molecule has 7 nitrogen and oxygen atoms in total. The molecule has 2 aliphatic rings. The topological polar surface area (TPSA) is 61.8 Å². The highest BCUT2D eigenvalue weighted by molar-refractivity contribution is 6.18. The Kier molecular flexibility index (Phi) is 4.09. The molecule has 2 aliphatic heterocycles. The average Bonchev–Trinajstić information content (AvgIpc) is 3.18. The van der Waals surface area contributed by atoms with E-state index in [0.29, 0.717) is 11.8 Å². The summed E-state index contributed by atoms with van der Waals surface area (Å²) in [6.45, 7) is 4.19. The lowest BCUT2D eigenvalue weighted by Gasteiger charge is -2.30. The molecule has 1 unspecified atom stereocenters. The normalized spacial score (nSPS) is 18.7. The van der Waals surface area contributed by atoms with Gasteiger partial charge in [0.2, 0.25) is 11.9 Å². The number of imide groups is 1. The maximum absolute atomic E-state index is 12.7. The van der Waals surface area contributed by atoms with Crippen molar-refractivity contribution >= 4 is 23.7 Å². The molecule has 4 rings (SSSR count). The third kappa shape index (κ3) is 2.57. The molecule has 0 bridgehead atoms. The van der Waals surface area contributed by atoms with Gasteiger partial charge < -0.3 is 0 Å². The zero-order valence-corrected chi connectivity index (χ0v) is 16.1. The minimum Gasteiger partial charge on any atom is -0.270 e. The van der Waals surface area contributed by atoms with Crippen LogP contribution in [-0.4, -0.2) is 46.2 Å². The van der Waals surface area contributed by atoms with Gasteiger partial charge in [0.25, 0.3) is 5.91 Å². The fourth-order valence-electron chi connectivity index (χ4n) is 3.78. The van der Waals surface area contributed by atoms with Gasteiger partial charge in [-0.05, 0) is 37.5 Å². The third-order valence-electron chi connectivity index (χ3n) is 5.34. The van der Waals surface area contributed by atoms with Crippen LogP contribution >= 0.6 is 0 Å². The van der Waals surface area contributed by atoms with Crippen molar-refractivity contribution in [2.24, 2.45) is 4.99 Å². The second kappa shape index (κ2) is 6.33. The molecule has 7 heteroatoms. The highest BCUT2D eigenvalue weighted by atomic mass is 16.2. The molecule has 27 heavy (non-hydrogen) atoms. The maximum Gasteiger partial charge on any atom is 0.406 e. The Hall–Kier alpha value is -2.96. The molecule has 3 heterocycles. The molecule has 1 aromatic heterocycles. The zero-order valence-electron chi connectivity index (χ0n) is 16.1. The first-order valence-electron chi connectivity index (χ1n) is 9.30. The minimum absolute atomic E-state index is 0.257. The number of likely N-dealkylation sites (N-methyl/N-ethyl adjacent to an activating group) is 2. The van der Waals surface area contributed by atoms with E-state index >= 15 is 0 Å². The number of amidine groups is 1. The van der Waals surface area contributed by atoms with Gasteiger partial charge in [0, 0.05) is 14.1 Å². The number of imidazole rings is 1. The summed E-state index contributed by atoms with van der Waals surface area (Å²) in [4.78, 5) is 32.2. The maximum atomic E-state index is 12.7. The van der Waals surface area contributed by atoms with Gasteiger partial charge in [-0.25, -0.2) is 9.36 Å². The third-order valence-corrected chi connectivity index (χ3v) is 5.34. The summed E-state index contributed by atoms with van der Waals surface area (Å²) in [6.07, 6.45) is 5.36. The molecule has 140 valence electrons. The molecule has 0 aliphatic carbocycles. The molecule has 0 radical (unpaired) electrons. The largest absolute Gasteiger partial charge is 0.406 e. The van der Waals surface area contributed by atoms with Crippen molar-refractivity contribution in [2.45, 2.75) is 39.2 Å². The van der Waals surface area contributed by atoms with E-state index < -0.39 is 6.04 Å². The number of urea groups is 1. The fraction of sp³-hybridized carbons (Fsp3) is 0.400. The second-order valence-electron chi connectivity index (χ2n) is 7.19. The summed E-state index contributed by atoms with van der Waals surface area (Å²) in [7, 11) is 3.17. The van der Waals surface area contributed by atoms with Crippen LogP contribution in [0.1, 0.15) is 37.1 Å². The number of aliphatic imine (C=N–C) groups is 1. The van der Waals surface area contributed by atoms with Gasteiger partial charge in [-0.3, -0.25) is 14.6 Å². The number of fused-ring (bicyclic) bond motifs is 3. The van der Waals surface area contributed by atoms with E-state index in [2.05, 4.69) is 36.2 Å². The summed E-state index contributed by atoms with van der Waals surface area (Å²) in [5.74, 6) is 0.885. The smallest absolute Gasteiger partial charge is 0.270 e. The standard InChI is InChI=1S/C20H24N5O2/c1-5-6-7-14-8-10-15(11-9-14)25-13(2)12-24-16-17(21-19(24)25)22(3)20(27)23(4)18(16)26/h8-12,16H,5-7H2,1-4H3/q+1. The molecule has 1 fully saturated rings. The van der Waals surface area contributed by atoms with Crippen molar-refractivity contribution in [3.63, 3.8) is 0 Å². The van der Waals surface area contributed by atoms with Crippen LogP contribution in [0.25, 0.3) is 5.69 Å². The number of hydrogen-bond donors (Lipinski definition) is 0. The van der Waals surface area contributed by atoms with E-state index in [4.69, 9.17) is 0 Å². The summed E-state index contributed by atoms with van der Waals surface area (Å²) < 4.78 is 3.89. The summed E-state index contributed by atoms with van der Waals surface area (Å²) in [5, 5.41) is 0. The molecule has 1 atom stereocenters. The molecular weight excluding hydrogens is 342 g/mol. The highest BCUT2D eigenvalue weighted by Gasteiger charge is 2.52. The van der Waals surface area contributed by atoms with Crippen molar-refractivity contribution in [2.75, 3.05) is 14.1 Å². The Morgan fingerprint density at radius 3 is 2.48 bits per heavy atom. The van der Waals surface area contributed by atoms with Crippen molar-refractivity contribution < 1.29 is 14.2 Å². The Morgan fingerprint density at radius 1 is 1.11 bits per heavy atom. The summed E-state index contributed by atoms with van der Waals surface area (Å²) in [6, 6.07) is 7.52. The van der Waals surface area contributed by atoms with E-state index in [1.807, 2.05) is 22.3 Å². The van der Waals surface area contributed by atoms with Crippen LogP contribution in [0.3, 0.4) is 0 Å². The SMILES string of the molecule is CCCCc1ccc(-n2c(C)c[n+]3c2N=C2C3C(=O)N(C)C(=O)N2C)cc1. The first kappa shape index (κ1) is 17.5. The van der Waals surface area contributed by atoms with Gasteiger partial charge in [0.1, 0.15) is 17.6 Å². The number of unbranched alkanes of at least 4 members (excludes halogenated alkanes) is 1. The van der Waals surface area contributed by atoms with Crippen molar-refractivity contribution in [1.29, 1.82) is 0 Å². The van der Waals surface area contributed by atoms with Gasteiger partial charge >= 0.3 is 12.0 Å². The van der Waals surface area contributed by atoms with Crippen LogP contribution in [0.5, 0.6) is 0 Å². The predicted molar refractivity (Wildman–Crippen MR) is 101 cm³/mol. The quantitative estimate of drug-likeness (QED) is 0.781. The molecule has 0 spiro atoms. The Labute approximate surface area is 158 Å². The molecular formula is C20H24N5O2+. The molecule has 0 N–H and O–H groups in total. The Morgan fingerprint density at radius 2 is 1.81 bits per heavy atom. The van der Waals surface area contributed by atoms with Gasteiger partial charge in [-0.15, -0.1) is 0 Å². The molecule has 0 saturated carbocycles. The van der Waals surface area contributed by atoms with Gasteiger partial charge in [0.05, 0.1) is 0 Å². The first-order valence-corrected chi connectivity index (χ1v) is 9.30. The number of carbonyl (C=O) groups is 2. The lowest BCUT2D eigenvalue weighted by Crippen LogP contribution is -2.61. The van der Waals surface area contributed by atoms with Crippen LogP contribution in [0.15, 0.2) is 35.5 Å². The van der Waals surface area contributed by atoms with Crippen molar-refractivity contribution in [1.82, 2.24) is 14.4 Å². The molecule has 3 amide bonds. The van der Waals surface area contributed by atoms with Gasteiger partial charge in [-0.2, -0.15) is 4.57 Å². The molecule has 1 saturated heterocycles. The van der Waals surface area contributed by atoms with Crippen molar-refractivity contribution in [3.8, 4) is 5.69 Å². The first-order chi connectivity index (χ1) is 12.9. The van der Waals surface area contributed by atoms with Crippen molar-refractivity contribution in [3.05, 3.63) is 41.7 Å². The second-order valence-corrected chi connectivity index (χ2v) is 7.19. The van der Waals surface area contributed by atoms with Crippen LogP contribution < -0.4 is 4.57 Å². The highest BCUT2D eigenvalue weighted by Crippen LogP contribution is 2.30. The molecule has 1 aromatic carbocycles. The zero-order chi connectivity index (χ0) is 19.3. The van der Waals surface area contributed by atoms with E-state index in [0.717, 1.165) is 22.7 Å². The monoisotopic (exact) mass is 366 g/mol. The van der Waals surface area contributed by atoms with Crippen LogP contribution in [0.2, 0.25) is 0 Å². The number of hydrogen-bond acceptors (Lipinski definition) is 3. The lowest BCUT2D eigenvalue weighted by atomic mass is 10.1. The van der Waals surface area contributed by atoms with Crippen LogP contribution in [0.4, 0.5) is 10.7 Å². The Balaban J connectivity index is 1.76. The lowest BCUT2D eigenvalue weighted by molar-refractivity contribution is -0.676. The minimum atomic E-state index is -0.587. The number of amides is 3. The number of aryl methyl sites for hydroxylation is 2. The predicted octanol–water partition coefficient (Wildman–Crippen LogP) is 2.52. The van der Waals surface area contributed by atoms with E-state index in [-0.39, 0.29) is 11.9 Å². The van der Waals surface area contributed by atoms with E-state index in [1.165, 1.54) is 30.4 Å². The number of aromatic nitrogens is 2. The van der Waals surface area contributed by atoms with Gasteiger partial charge in [0.15, 0.2) is 0 Å². The van der Waals surface area contributed by atoms with E-state index in [9.17, 15) is 9.59 Å². The number of benzene rings is 1. The van der Waals surface area contributed by atoms with Crippen LogP contribution in [-0.2, 0) is 11.2 Å². The summed E-state index contributed by atoms with van der Waals surface area (Å²) >= 11 is 0. The Bertz CT molecular complexity index is 957. The number of carbonyl (C=O) groups excluding carboxylic acids is 2. The average molecular weight is 366 g/mol. The molecule has 2 aromatic rings. The van der Waals surface area contributed by atoms with Crippen LogP contribution in [0, 0.1) is 6.92 Å². The summed E-state index contributed by atoms with van der Waals surface area (Å²) in [5.41, 5.74) is 3.31. The fourth-order valence-corrected chi connectivity index (χ4v) is 3.78. The number of nitrogens with zero attached hydrogens (tertiary/aromatic N) is 5. The van der Waals surface area contributed by atoms with E-state index in [1.54, 1.807) is 7.05 Å². The van der Waals surface area contributed by atoms with Gasteiger partial charge in [-0.1, -0.05) is 30.5 Å². The number of rotatable bonds is 4.